The highest BCUT2D eigenvalue weighted by molar-refractivity contribution is 5.71. The van der Waals surface area contributed by atoms with E-state index in [9.17, 15) is 5.11 Å². The van der Waals surface area contributed by atoms with Gasteiger partial charge in [-0.3, -0.25) is 4.98 Å². The van der Waals surface area contributed by atoms with E-state index >= 15 is 0 Å². The number of nitrogens with zero attached hydrogens (tertiary/aromatic N) is 3. The Bertz CT molecular complexity index is 821. The van der Waals surface area contributed by atoms with Crippen LogP contribution in [0.5, 0.6) is 0 Å². The molecule has 0 spiro atoms. The van der Waals surface area contributed by atoms with Crippen LogP contribution in [0.1, 0.15) is 17.2 Å². The van der Waals surface area contributed by atoms with Crippen LogP contribution in [0.15, 0.2) is 67.4 Å². The molecule has 2 aromatic heterocycles. The molecule has 1 aliphatic heterocycles. The number of aliphatic hydroxyl groups excluding tert-OH is 1. The number of pyridine rings is 1. The van der Waals surface area contributed by atoms with Gasteiger partial charge < -0.3 is 9.67 Å². The van der Waals surface area contributed by atoms with Crippen LogP contribution < -0.4 is 0 Å². The van der Waals surface area contributed by atoms with E-state index in [-0.39, 0.29) is 11.8 Å². The molecule has 0 saturated heterocycles. The normalized spacial score (nSPS) is 16.6. The predicted molar refractivity (Wildman–Crippen MR) is 80.6 cm³/mol. The van der Waals surface area contributed by atoms with Crippen molar-refractivity contribution in [1.82, 2.24) is 14.5 Å². The second-order valence-corrected chi connectivity index (χ2v) is 5.01. The van der Waals surface area contributed by atoms with E-state index in [4.69, 9.17) is 0 Å². The highest BCUT2D eigenvalue weighted by Crippen LogP contribution is 2.40. The minimum absolute atomic E-state index is 0.0353. The molecule has 0 bridgehead atoms. The van der Waals surface area contributed by atoms with Crippen LogP contribution in [0.3, 0.4) is 0 Å². The summed E-state index contributed by atoms with van der Waals surface area (Å²) in [5.74, 6) is 0.249. The summed E-state index contributed by atoms with van der Waals surface area (Å²) in [5.41, 5.74) is 4.18. The van der Waals surface area contributed by atoms with Crippen molar-refractivity contribution in [3.63, 3.8) is 0 Å². The average Bonchev–Trinajstić information content (AvgIpc) is 3.11. The number of allylic oxidation sites excluding steroid dienone is 1. The van der Waals surface area contributed by atoms with Crippen LogP contribution in [0.25, 0.3) is 17.0 Å². The summed E-state index contributed by atoms with van der Waals surface area (Å²) in [6, 6.07) is 11.8. The van der Waals surface area contributed by atoms with Gasteiger partial charge in [-0.15, -0.1) is 0 Å². The lowest BCUT2D eigenvalue weighted by molar-refractivity contribution is 0.505. The zero-order chi connectivity index (χ0) is 14.2. The summed E-state index contributed by atoms with van der Waals surface area (Å²) in [4.78, 5) is 8.18. The molecule has 1 aromatic carbocycles. The molecule has 1 atom stereocenters. The Labute approximate surface area is 122 Å². The molecule has 1 unspecified atom stereocenters. The van der Waals surface area contributed by atoms with Crippen molar-refractivity contribution in [2.24, 2.45) is 0 Å². The molecule has 1 N–H and O–H groups in total. The fourth-order valence-corrected chi connectivity index (χ4v) is 2.81. The van der Waals surface area contributed by atoms with Crippen LogP contribution in [0.2, 0.25) is 0 Å². The number of fused-ring (bicyclic) bond motifs is 3. The molecule has 4 rings (SSSR count). The molecule has 0 aliphatic carbocycles. The van der Waals surface area contributed by atoms with Crippen LogP contribution in [0.4, 0.5) is 0 Å². The summed E-state index contributed by atoms with van der Waals surface area (Å²) >= 11 is 0. The maximum absolute atomic E-state index is 10.4. The first-order chi connectivity index (χ1) is 10.3. The number of aromatic nitrogens is 3. The van der Waals surface area contributed by atoms with Gasteiger partial charge in [0.05, 0.1) is 24.3 Å². The molecule has 0 amide bonds. The zero-order valence-corrected chi connectivity index (χ0v) is 11.2. The molecule has 1 aliphatic rings. The first-order valence-electron chi connectivity index (χ1n) is 6.77. The fourth-order valence-electron chi connectivity index (χ4n) is 2.81. The topological polar surface area (TPSA) is 50.9 Å². The maximum Gasteiger partial charge on any atom is 0.121 e. The van der Waals surface area contributed by atoms with Crippen LogP contribution in [0, 0.1) is 0 Å². The summed E-state index contributed by atoms with van der Waals surface area (Å²) in [5, 5.41) is 10.4. The van der Waals surface area contributed by atoms with Gasteiger partial charge >= 0.3 is 0 Å². The van der Waals surface area contributed by atoms with Gasteiger partial charge in [0.2, 0.25) is 0 Å². The Morgan fingerprint density at radius 3 is 2.76 bits per heavy atom. The van der Waals surface area contributed by atoms with Gasteiger partial charge in [-0.25, -0.2) is 4.98 Å². The van der Waals surface area contributed by atoms with Crippen molar-refractivity contribution < 1.29 is 5.11 Å². The largest absolute Gasteiger partial charge is 0.508 e. The molecule has 4 heteroatoms. The van der Waals surface area contributed by atoms with Crippen molar-refractivity contribution in [3.05, 3.63) is 78.5 Å². The first kappa shape index (κ1) is 11.9. The molecule has 0 fully saturated rings. The average molecular weight is 275 g/mol. The molecular formula is C17H13N3O. The Balaban J connectivity index is 1.83. The van der Waals surface area contributed by atoms with Gasteiger partial charge in [-0.05, 0) is 23.8 Å². The van der Waals surface area contributed by atoms with E-state index in [1.54, 1.807) is 30.9 Å². The second kappa shape index (κ2) is 4.59. The minimum Gasteiger partial charge on any atom is -0.508 e. The summed E-state index contributed by atoms with van der Waals surface area (Å²) in [6.07, 6.45) is 8.86. The van der Waals surface area contributed by atoms with Gasteiger partial charge in [0, 0.05) is 23.5 Å². The minimum atomic E-state index is -0.0353. The van der Waals surface area contributed by atoms with Gasteiger partial charge in [-0.1, -0.05) is 24.3 Å². The lowest BCUT2D eigenvalue weighted by atomic mass is 10.0. The maximum atomic E-state index is 10.4. The van der Waals surface area contributed by atoms with Gasteiger partial charge in [0.1, 0.15) is 5.76 Å². The SMILES string of the molecule is O/C(=C\C1c2ccccc2-c2cncn21)c1ccncc1. The standard InChI is InChI=1S/C17H13N3O/c21-17(12-5-7-18-8-6-12)9-15-13-3-1-2-4-14(13)16-10-19-11-20(15)16/h1-11,15,21H/b17-9-. The lowest BCUT2D eigenvalue weighted by Crippen LogP contribution is -2.02. The third kappa shape index (κ3) is 1.84. The molecule has 21 heavy (non-hydrogen) atoms. The van der Waals surface area contributed by atoms with Crippen LogP contribution in [-0.4, -0.2) is 19.6 Å². The van der Waals surface area contributed by atoms with Crippen molar-refractivity contribution in [2.45, 2.75) is 6.04 Å². The Kier molecular flexibility index (Phi) is 2.60. The molecule has 3 aromatic rings. The molecule has 0 saturated carbocycles. The number of aliphatic hydroxyl groups is 1. The Hall–Kier alpha value is -2.88. The number of rotatable bonds is 2. The number of hydrogen-bond donors (Lipinski definition) is 1. The summed E-state index contributed by atoms with van der Waals surface area (Å²) in [7, 11) is 0. The monoisotopic (exact) mass is 275 g/mol. The molecule has 0 radical (unpaired) electrons. The lowest BCUT2D eigenvalue weighted by Gasteiger charge is -2.11. The predicted octanol–water partition coefficient (Wildman–Crippen LogP) is 3.45. The van der Waals surface area contributed by atoms with E-state index in [1.165, 1.54) is 11.1 Å². The van der Waals surface area contributed by atoms with Gasteiger partial charge in [-0.2, -0.15) is 0 Å². The Morgan fingerprint density at radius 1 is 1.10 bits per heavy atom. The van der Waals surface area contributed by atoms with E-state index in [2.05, 4.69) is 26.7 Å². The zero-order valence-electron chi connectivity index (χ0n) is 11.2. The van der Waals surface area contributed by atoms with Gasteiger partial charge in [0.15, 0.2) is 0 Å². The van der Waals surface area contributed by atoms with Crippen LogP contribution >= 0.6 is 0 Å². The van der Waals surface area contributed by atoms with E-state index in [0.29, 0.717) is 0 Å². The summed E-state index contributed by atoms with van der Waals surface area (Å²) < 4.78 is 2.07. The summed E-state index contributed by atoms with van der Waals surface area (Å²) in [6.45, 7) is 0. The second-order valence-electron chi connectivity index (χ2n) is 5.01. The van der Waals surface area contributed by atoms with Gasteiger partial charge in [0.25, 0.3) is 0 Å². The Morgan fingerprint density at radius 2 is 1.90 bits per heavy atom. The van der Waals surface area contributed by atoms with E-state index in [1.807, 2.05) is 24.4 Å². The molecule has 3 heterocycles. The highest BCUT2D eigenvalue weighted by Gasteiger charge is 2.26. The van der Waals surface area contributed by atoms with Crippen molar-refractivity contribution >= 4 is 5.76 Å². The van der Waals surface area contributed by atoms with E-state index in [0.717, 1.165) is 11.3 Å². The van der Waals surface area contributed by atoms with Crippen LogP contribution in [-0.2, 0) is 0 Å². The number of imidazole rings is 1. The van der Waals surface area contributed by atoms with Crippen molar-refractivity contribution in [1.29, 1.82) is 0 Å². The number of hydrogen-bond acceptors (Lipinski definition) is 3. The third-order valence-corrected chi connectivity index (χ3v) is 3.81. The quantitative estimate of drug-likeness (QED) is 0.729. The highest BCUT2D eigenvalue weighted by atomic mass is 16.3. The third-order valence-electron chi connectivity index (χ3n) is 3.81. The first-order valence-corrected chi connectivity index (χ1v) is 6.77. The number of benzene rings is 1. The van der Waals surface area contributed by atoms with E-state index < -0.39 is 0 Å². The fraction of sp³-hybridized carbons (Fsp3) is 0.0588. The van der Waals surface area contributed by atoms with Crippen molar-refractivity contribution in [3.8, 4) is 11.3 Å². The molecule has 4 nitrogen and oxygen atoms in total. The molecule has 102 valence electrons. The van der Waals surface area contributed by atoms with Crippen molar-refractivity contribution in [2.75, 3.05) is 0 Å². The smallest absolute Gasteiger partial charge is 0.121 e. The molecular weight excluding hydrogens is 262 g/mol.